The van der Waals surface area contributed by atoms with Crippen LogP contribution in [0.2, 0.25) is 0 Å². The second kappa shape index (κ2) is 4.01. The Balaban J connectivity index is 2.50. The van der Waals surface area contributed by atoms with Crippen LogP contribution in [0.5, 0.6) is 0 Å². The number of hydrogen-bond acceptors (Lipinski definition) is 2. The van der Waals surface area contributed by atoms with Crippen LogP contribution in [0, 0.1) is 5.82 Å². The number of halogens is 1. The van der Waals surface area contributed by atoms with Crippen molar-refractivity contribution in [3.8, 4) is 0 Å². The molecule has 0 radical (unpaired) electrons. The number of nitrogens with zero attached hydrogens (tertiary/aromatic N) is 3. The van der Waals surface area contributed by atoms with Gasteiger partial charge in [0.05, 0.1) is 0 Å². The fraction of sp³-hybridized carbons (Fsp3) is 0. The molecule has 2 N–H and O–H groups in total. The van der Waals surface area contributed by atoms with E-state index in [-0.39, 0.29) is 5.69 Å². The minimum Gasteiger partial charge on any atom is -0.350 e. The number of anilines is 1. The third-order valence-electron chi connectivity index (χ3n) is 2.01. The summed E-state index contributed by atoms with van der Waals surface area (Å²) in [5, 5.41) is 0.988. The summed E-state index contributed by atoms with van der Waals surface area (Å²) in [6.45, 7) is 0. The molecule has 2 aromatic rings. The predicted molar refractivity (Wildman–Crippen MR) is 56.1 cm³/mol. The molecular weight excluding hydrogens is 211 g/mol. The number of urea groups is 1. The van der Waals surface area contributed by atoms with Crippen LogP contribution in [-0.2, 0) is 0 Å². The number of aromatic nitrogens is 2. The van der Waals surface area contributed by atoms with Crippen LogP contribution in [0.4, 0.5) is 14.9 Å². The van der Waals surface area contributed by atoms with Gasteiger partial charge in [-0.25, -0.2) is 18.8 Å². The van der Waals surface area contributed by atoms with Crippen molar-refractivity contribution >= 4 is 11.7 Å². The van der Waals surface area contributed by atoms with Crippen molar-refractivity contribution in [3.63, 3.8) is 0 Å². The van der Waals surface area contributed by atoms with Gasteiger partial charge in [-0.2, -0.15) is 5.01 Å². The van der Waals surface area contributed by atoms with Crippen LogP contribution in [0.3, 0.4) is 0 Å². The third kappa shape index (κ3) is 1.72. The summed E-state index contributed by atoms with van der Waals surface area (Å²) in [5.41, 5.74) is 5.28. The highest BCUT2D eigenvalue weighted by Crippen LogP contribution is 2.18. The Labute approximate surface area is 90.9 Å². The number of imidazole rings is 1. The normalized spacial score (nSPS) is 10.1. The van der Waals surface area contributed by atoms with Crippen molar-refractivity contribution in [1.82, 2.24) is 9.66 Å². The molecule has 16 heavy (non-hydrogen) atoms. The van der Waals surface area contributed by atoms with Crippen LogP contribution in [0.1, 0.15) is 0 Å². The Morgan fingerprint density at radius 2 is 2.19 bits per heavy atom. The first-order chi connectivity index (χ1) is 7.70. The van der Waals surface area contributed by atoms with Gasteiger partial charge >= 0.3 is 6.03 Å². The van der Waals surface area contributed by atoms with Gasteiger partial charge in [0.2, 0.25) is 0 Å². The zero-order chi connectivity index (χ0) is 11.5. The zero-order valence-electron chi connectivity index (χ0n) is 8.25. The first-order valence-corrected chi connectivity index (χ1v) is 4.52. The highest BCUT2D eigenvalue weighted by atomic mass is 19.1. The molecule has 6 heteroatoms. The van der Waals surface area contributed by atoms with E-state index < -0.39 is 11.8 Å². The topological polar surface area (TPSA) is 64.2 Å². The number of amides is 2. The second-order valence-electron chi connectivity index (χ2n) is 3.04. The van der Waals surface area contributed by atoms with Crippen LogP contribution in [0.15, 0.2) is 43.0 Å². The van der Waals surface area contributed by atoms with Gasteiger partial charge < -0.3 is 5.73 Å². The van der Waals surface area contributed by atoms with E-state index in [0.29, 0.717) is 0 Å². The van der Waals surface area contributed by atoms with Crippen molar-refractivity contribution in [2.75, 3.05) is 5.01 Å². The standard InChI is InChI=1S/C10H9FN4O/c11-8-3-1-2-4-9(8)15(10(12)16)14-6-5-13-7-14/h1-7H,(H2,12,16). The molecule has 0 aliphatic carbocycles. The molecule has 0 aliphatic rings. The average molecular weight is 220 g/mol. The number of primary amides is 1. The summed E-state index contributed by atoms with van der Waals surface area (Å²) in [6, 6.07) is 5.07. The summed E-state index contributed by atoms with van der Waals surface area (Å²) >= 11 is 0. The van der Waals surface area contributed by atoms with E-state index in [1.54, 1.807) is 6.07 Å². The maximum atomic E-state index is 13.5. The van der Waals surface area contributed by atoms with E-state index >= 15 is 0 Å². The smallest absolute Gasteiger partial charge is 0.338 e. The Morgan fingerprint density at radius 1 is 1.44 bits per heavy atom. The molecule has 1 aromatic carbocycles. The molecule has 0 atom stereocenters. The molecule has 0 fully saturated rings. The van der Waals surface area contributed by atoms with E-state index in [2.05, 4.69) is 4.98 Å². The number of nitrogens with two attached hydrogens (primary N) is 1. The van der Waals surface area contributed by atoms with Crippen molar-refractivity contribution in [3.05, 3.63) is 48.8 Å². The lowest BCUT2D eigenvalue weighted by Gasteiger charge is -2.21. The quantitative estimate of drug-likeness (QED) is 0.830. The molecule has 0 unspecified atom stereocenters. The van der Waals surface area contributed by atoms with Gasteiger partial charge in [0.25, 0.3) is 0 Å². The van der Waals surface area contributed by atoms with E-state index in [0.717, 1.165) is 5.01 Å². The van der Waals surface area contributed by atoms with Crippen molar-refractivity contribution in [2.24, 2.45) is 5.73 Å². The molecule has 0 saturated heterocycles. The molecule has 1 aromatic heterocycles. The van der Waals surface area contributed by atoms with E-state index in [1.165, 1.54) is 41.6 Å². The summed E-state index contributed by atoms with van der Waals surface area (Å²) in [6.07, 6.45) is 4.32. The fourth-order valence-corrected chi connectivity index (χ4v) is 1.35. The Kier molecular flexibility index (Phi) is 2.55. The molecule has 2 amide bonds. The Morgan fingerprint density at radius 3 is 2.75 bits per heavy atom. The molecule has 0 aliphatic heterocycles. The van der Waals surface area contributed by atoms with Crippen LogP contribution in [0.25, 0.3) is 0 Å². The van der Waals surface area contributed by atoms with Crippen LogP contribution >= 0.6 is 0 Å². The van der Waals surface area contributed by atoms with Gasteiger partial charge in [0.1, 0.15) is 17.8 Å². The highest BCUT2D eigenvalue weighted by molar-refractivity contribution is 5.90. The van der Waals surface area contributed by atoms with Crippen molar-refractivity contribution in [2.45, 2.75) is 0 Å². The minimum absolute atomic E-state index is 0.0769. The number of benzene rings is 1. The predicted octanol–water partition coefficient (Wildman–Crippen LogP) is 1.37. The van der Waals surface area contributed by atoms with Crippen LogP contribution < -0.4 is 10.7 Å². The summed E-state index contributed by atoms with van der Waals surface area (Å²) in [7, 11) is 0. The molecule has 0 saturated carbocycles. The van der Waals surface area contributed by atoms with Gasteiger partial charge in [-0.3, -0.25) is 0 Å². The van der Waals surface area contributed by atoms with E-state index in [1.807, 2.05) is 0 Å². The Hall–Kier alpha value is -2.37. The summed E-state index contributed by atoms with van der Waals surface area (Å²) in [5.74, 6) is -0.532. The summed E-state index contributed by atoms with van der Waals surface area (Å²) in [4.78, 5) is 15.1. The first kappa shape index (κ1) is 10.2. The molecule has 0 bridgehead atoms. The van der Waals surface area contributed by atoms with Gasteiger partial charge in [-0.05, 0) is 12.1 Å². The minimum atomic E-state index is -0.789. The average Bonchev–Trinajstić information content (AvgIpc) is 2.74. The number of carbonyl (C=O) groups is 1. The van der Waals surface area contributed by atoms with Crippen LogP contribution in [-0.4, -0.2) is 15.7 Å². The van der Waals surface area contributed by atoms with Gasteiger partial charge in [0.15, 0.2) is 0 Å². The molecular formula is C10H9FN4O. The summed E-state index contributed by atoms with van der Waals surface area (Å²) < 4.78 is 14.8. The maximum Gasteiger partial charge on any atom is 0.338 e. The number of hydrogen-bond donors (Lipinski definition) is 1. The van der Waals surface area contributed by atoms with Crippen molar-refractivity contribution < 1.29 is 9.18 Å². The number of carbonyl (C=O) groups excluding carboxylic acids is 1. The monoisotopic (exact) mass is 220 g/mol. The lowest BCUT2D eigenvalue weighted by atomic mass is 10.3. The molecule has 82 valence electrons. The SMILES string of the molecule is NC(=O)N(c1ccccc1F)n1ccnc1. The molecule has 5 nitrogen and oxygen atoms in total. The van der Waals surface area contributed by atoms with Gasteiger partial charge in [0, 0.05) is 12.4 Å². The fourth-order valence-electron chi connectivity index (χ4n) is 1.35. The lowest BCUT2D eigenvalue weighted by Crippen LogP contribution is -2.39. The third-order valence-corrected chi connectivity index (χ3v) is 2.01. The number of para-hydroxylation sites is 1. The van der Waals surface area contributed by atoms with E-state index in [9.17, 15) is 9.18 Å². The van der Waals surface area contributed by atoms with E-state index in [4.69, 9.17) is 5.73 Å². The van der Waals surface area contributed by atoms with Gasteiger partial charge in [-0.1, -0.05) is 12.1 Å². The Bertz CT molecular complexity index is 497. The maximum absolute atomic E-state index is 13.5. The highest BCUT2D eigenvalue weighted by Gasteiger charge is 2.17. The number of rotatable bonds is 2. The van der Waals surface area contributed by atoms with Crippen molar-refractivity contribution in [1.29, 1.82) is 0 Å². The molecule has 0 spiro atoms. The zero-order valence-corrected chi connectivity index (χ0v) is 8.25. The first-order valence-electron chi connectivity index (χ1n) is 4.52. The largest absolute Gasteiger partial charge is 0.350 e. The van der Waals surface area contributed by atoms with Gasteiger partial charge in [-0.15, -0.1) is 0 Å². The second-order valence-corrected chi connectivity index (χ2v) is 3.04. The lowest BCUT2D eigenvalue weighted by molar-refractivity contribution is 0.251. The molecule has 2 rings (SSSR count). The molecule has 1 heterocycles.